The summed E-state index contributed by atoms with van der Waals surface area (Å²) in [6.07, 6.45) is 3.49. The second kappa shape index (κ2) is 5.05. The second-order valence-corrected chi connectivity index (χ2v) is 4.43. The summed E-state index contributed by atoms with van der Waals surface area (Å²) in [5, 5.41) is 10.4. The van der Waals surface area contributed by atoms with Gasteiger partial charge in [-0.25, -0.2) is 4.79 Å². The van der Waals surface area contributed by atoms with Gasteiger partial charge in [-0.1, -0.05) is 0 Å². The van der Waals surface area contributed by atoms with E-state index in [0.717, 1.165) is 17.1 Å². The minimum Gasteiger partial charge on any atom is -0.465 e. The van der Waals surface area contributed by atoms with Crippen LogP contribution >= 0.6 is 11.5 Å². The molecule has 0 aliphatic rings. The van der Waals surface area contributed by atoms with Gasteiger partial charge in [-0.3, -0.25) is 5.10 Å². The Morgan fingerprint density at radius 2 is 2.44 bits per heavy atom. The van der Waals surface area contributed by atoms with Crippen molar-refractivity contribution in [1.82, 2.24) is 14.6 Å². The van der Waals surface area contributed by atoms with Gasteiger partial charge in [0, 0.05) is 11.8 Å². The Labute approximate surface area is 108 Å². The molecule has 2 heterocycles. The largest absolute Gasteiger partial charge is 0.465 e. The molecule has 0 aliphatic carbocycles. The quantitative estimate of drug-likeness (QED) is 0.723. The zero-order chi connectivity index (χ0) is 13.1. The number of ether oxygens (including phenoxy) is 1. The maximum absolute atomic E-state index is 11.6. The Morgan fingerprint density at radius 1 is 1.67 bits per heavy atom. The van der Waals surface area contributed by atoms with Crippen molar-refractivity contribution in [2.45, 2.75) is 13.0 Å². The van der Waals surface area contributed by atoms with E-state index in [1.165, 1.54) is 7.11 Å². The molecule has 0 radical (unpaired) electrons. The van der Waals surface area contributed by atoms with E-state index in [1.54, 1.807) is 12.4 Å². The number of H-pyrrole nitrogens is 1. The molecule has 0 aromatic carbocycles. The highest BCUT2D eigenvalue weighted by Gasteiger charge is 2.21. The number of methoxy groups -OCH3 is 1. The van der Waals surface area contributed by atoms with Gasteiger partial charge in [-0.05, 0) is 18.5 Å². The summed E-state index contributed by atoms with van der Waals surface area (Å²) < 4.78 is 8.63. The fourth-order valence-corrected chi connectivity index (χ4v) is 2.27. The first-order chi connectivity index (χ1) is 8.63. The third-order valence-corrected chi connectivity index (χ3v) is 3.27. The Morgan fingerprint density at radius 3 is 3.06 bits per heavy atom. The van der Waals surface area contributed by atoms with Gasteiger partial charge < -0.3 is 15.8 Å². The summed E-state index contributed by atoms with van der Waals surface area (Å²) in [5.74, 6) is -0.322. The topological polar surface area (TPSA) is 106 Å². The number of nitrogen functional groups attached to an aromatic ring is 1. The van der Waals surface area contributed by atoms with Crippen LogP contribution in [0.15, 0.2) is 12.4 Å². The summed E-state index contributed by atoms with van der Waals surface area (Å²) >= 11 is 1.13. The lowest BCUT2D eigenvalue weighted by atomic mass is 10.2. The van der Waals surface area contributed by atoms with Gasteiger partial charge in [0.1, 0.15) is 10.6 Å². The van der Waals surface area contributed by atoms with Gasteiger partial charge in [0.05, 0.1) is 19.3 Å². The van der Waals surface area contributed by atoms with Crippen LogP contribution in [-0.2, 0) is 4.74 Å². The summed E-state index contributed by atoms with van der Waals surface area (Å²) in [4.78, 5) is 11.6. The van der Waals surface area contributed by atoms with E-state index in [0.29, 0.717) is 5.00 Å². The van der Waals surface area contributed by atoms with Crippen molar-refractivity contribution in [3.63, 3.8) is 0 Å². The SMILES string of the molecule is COC(=O)c1c(N)nsc1NC(C)c1cn[nH]c1. The number of carbonyl (C=O) groups is 1. The maximum atomic E-state index is 11.6. The monoisotopic (exact) mass is 267 g/mol. The van der Waals surface area contributed by atoms with Crippen LogP contribution in [0, 0.1) is 0 Å². The van der Waals surface area contributed by atoms with Gasteiger partial charge >= 0.3 is 5.97 Å². The molecule has 0 fully saturated rings. The lowest BCUT2D eigenvalue weighted by Crippen LogP contribution is -2.10. The number of nitrogens with zero attached hydrogens (tertiary/aromatic N) is 2. The lowest BCUT2D eigenvalue weighted by Gasteiger charge is -2.12. The molecule has 18 heavy (non-hydrogen) atoms. The highest BCUT2D eigenvalue weighted by Crippen LogP contribution is 2.30. The molecule has 0 bridgehead atoms. The van der Waals surface area contributed by atoms with Crippen LogP contribution in [-0.4, -0.2) is 27.7 Å². The van der Waals surface area contributed by atoms with Crippen molar-refractivity contribution in [3.8, 4) is 0 Å². The lowest BCUT2D eigenvalue weighted by molar-refractivity contribution is 0.0603. The van der Waals surface area contributed by atoms with E-state index in [-0.39, 0.29) is 17.4 Å². The van der Waals surface area contributed by atoms with Gasteiger partial charge in [0.25, 0.3) is 0 Å². The number of nitrogens with one attached hydrogen (secondary N) is 2. The van der Waals surface area contributed by atoms with Crippen molar-refractivity contribution in [2.24, 2.45) is 0 Å². The average Bonchev–Trinajstić information content (AvgIpc) is 2.98. The number of aromatic nitrogens is 3. The molecule has 0 aliphatic heterocycles. The van der Waals surface area contributed by atoms with Crippen LogP contribution in [0.2, 0.25) is 0 Å². The number of aromatic amines is 1. The van der Waals surface area contributed by atoms with Crippen LogP contribution in [0.4, 0.5) is 10.8 Å². The molecule has 2 aromatic heterocycles. The van der Waals surface area contributed by atoms with Crippen molar-refractivity contribution in [1.29, 1.82) is 0 Å². The van der Waals surface area contributed by atoms with Crippen molar-refractivity contribution in [2.75, 3.05) is 18.2 Å². The number of rotatable bonds is 4. The molecule has 2 aromatic rings. The van der Waals surface area contributed by atoms with Crippen LogP contribution in [0.5, 0.6) is 0 Å². The molecule has 4 N–H and O–H groups in total. The zero-order valence-electron chi connectivity index (χ0n) is 9.93. The van der Waals surface area contributed by atoms with Crippen molar-refractivity contribution in [3.05, 3.63) is 23.5 Å². The van der Waals surface area contributed by atoms with E-state index in [9.17, 15) is 4.79 Å². The Balaban J connectivity index is 2.22. The first-order valence-electron chi connectivity index (χ1n) is 5.22. The van der Waals surface area contributed by atoms with E-state index in [4.69, 9.17) is 5.73 Å². The maximum Gasteiger partial charge on any atom is 0.344 e. The first kappa shape index (κ1) is 12.4. The van der Waals surface area contributed by atoms with Gasteiger partial charge in [-0.15, -0.1) is 0 Å². The van der Waals surface area contributed by atoms with Crippen molar-refractivity contribution < 1.29 is 9.53 Å². The highest BCUT2D eigenvalue weighted by molar-refractivity contribution is 7.11. The number of nitrogens with two attached hydrogens (primary N) is 1. The Kier molecular flexibility index (Phi) is 3.47. The second-order valence-electron chi connectivity index (χ2n) is 3.66. The Hall–Kier alpha value is -2.09. The summed E-state index contributed by atoms with van der Waals surface area (Å²) in [7, 11) is 1.31. The third kappa shape index (κ3) is 2.28. The fourth-order valence-electron chi connectivity index (χ4n) is 1.48. The van der Waals surface area contributed by atoms with Crippen molar-refractivity contribution >= 4 is 28.3 Å². The standard InChI is InChI=1S/C10H13N5O2S/c1-5(6-3-12-13-4-6)14-9-7(10(16)17-2)8(11)15-18-9/h3-5,14H,1-2H3,(H2,11,15)(H,12,13). The molecule has 0 saturated carbocycles. The number of hydrogen-bond acceptors (Lipinski definition) is 7. The van der Waals surface area contributed by atoms with Crippen LogP contribution < -0.4 is 11.1 Å². The molecule has 7 nitrogen and oxygen atoms in total. The number of esters is 1. The molecule has 1 atom stereocenters. The van der Waals surface area contributed by atoms with E-state index in [1.807, 2.05) is 6.92 Å². The molecule has 2 rings (SSSR count). The van der Waals surface area contributed by atoms with Gasteiger partial charge in [0.2, 0.25) is 0 Å². The van der Waals surface area contributed by atoms with Gasteiger partial charge in [-0.2, -0.15) is 9.47 Å². The fraction of sp³-hybridized carbons (Fsp3) is 0.300. The molecule has 8 heteroatoms. The predicted octanol–water partition coefficient (Wildman–Crippen LogP) is 1.41. The van der Waals surface area contributed by atoms with Gasteiger partial charge in [0.15, 0.2) is 5.82 Å². The molecule has 96 valence electrons. The van der Waals surface area contributed by atoms with E-state index >= 15 is 0 Å². The minimum atomic E-state index is -0.497. The average molecular weight is 267 g/mol. The molecular formula is C10H13N5O2S. The molecule has 0 saturated heterocycles. The normalized spacial score (nSPS) is 12.1. The highest BCUT2D eigenvalue weighted by atomic mass is 32.1. The van der Waals surface area contributed by atoms with Crippen LogP contribution in [0.25, 0.3) is 0 Å². The summed E-state index contributed by atoms with van der Waals surface area (Å²) in [6, 6.07) is -0.0213. The number of hydrogen-bond donors (Lipinski definition) is 3. The summed E-state index contributed by atoms with van der Waals surface area (Å²) in [6.45, 7) is 1.95. The van der Waals surface area contributed by atoms with E-state index < -0.39 is 5.97 Å². The minimum absolute atomic E-state index is 0.0213. The first-order valence-corrected chi connectivity index (χ1v) is 5.99. The molecule has 0 spiro atoms. The van der Waals surface area contributed by atoms with Crippen LogP contribution in [0.1, 0.15) is 28.9 Å². The van der Waals surface area contributed by atoms with Crippen LogP contribution in [0.3, 0.4) is 0 Å². The third-order valence-electron chi connectivity index (χ3n) is 2.47. The number of carbonyl (C=O) groups excluding carboxylic acids is 1. The molecular weight excluding hydrogens is 254 g/mol. The molecule has 0 amide bonds. The predicted molar refractivity (Wildman–Crippen MR) is 68.5 cm³/mol. The zero-order valence-corrected chi connectivity index (χ0v) is 10.7. The molecule has 1 unspecified atom stereocenters. The Bertz CT molecular complexity index is 536. The summed E-state index contributed by atoms with van der Waals surface area (Å²) in [5.41, 5.74) is 6.90. The van der Waals surface area contributed by atoms with E-state index in [2.05, 4.69) is 24.6 Å². The smallest absolute Gasteiger partial charge is 0.344 e. The number of anilines is 2.